The smallest absolute Gasteiger partial charge is 0.217 e. The van der Waals surface area contributed by atoms with Crippen LogP contribution in [-0.2, 0) is 34.4 Å². The van der Waals surface area contributed by atoms with E-state index in [9.17, 15) is 31.0 Å². The number of fused-ring (bicyclic) bond motifs is 3. The van der Waals surface area contributed by atoms with E-state index in [1.165, 1.54) is 7.11 Å². The van der Waals surface area contributed by atoms with Gasteiger partial charge < -0.3 is 23.7 Å². The number of hydrogen-bond donors (Lipinski definition) is 2. The molecule has 2 N–H and O–H groups in total. The quantitative estimate of drug-likeness (QED) is 0.371. The molecule has 0 radical (unpaired) electrons. The topological polar surface area (TPSA) is 174 Å². The van der Waals surface area contributed by atoms with Crippen LogP contribution in [-0.4, -0.2) is 74.7 Å². The molecule has 2 aliphatic heterocycles. The molecule has 2 bridgehead atoms. The lowest BCUT2D eigenvalue weighted by atomic mass is 9.71. The molecule has 2 heterocycles. The zero-order valence-corrected chi connectivity index (χ0v) is 13.0. The highest BCUT2D eigenvalue weighted by Gasteiger charge is 2.59. The first-order valence-electron chi connectivity index (χ1n) is 6.19. The van der Waals surface area contributed by atoms with E-state index < -0.39 is 57.3 Å². The van der Waals surface area contributed by atoms with Gasteiger partial charge in [0.05, 0.1) is 18.8 Å². The van der Waals surface area contributed by atoms with Crippen LogP contribution in [0, 0.1) is 0 Å². The van der Waals surface area contributed by atoms with Gasteiger partial charge in [-0.05, 0) is 0 Å². The van der Waals surface area contributed by atoms with Gasteiger partial charge in [0.2, 0.25) is 10.4 Å². The second-order valence-corrected chi connectivity index (χ2v) is 7.35. The first kappa shape index (κ1) is 18.0. The van der Waals surface area contributed by atoms with E-state index in [2.05, 4.69) is 4.18 Å². The number of rotatable bonds is 6. The predicted molar refractivity (Wildman–Crippen MR) is 65.9 cm³/mol. The first-order valence-corrected chi connectivity index (χ1v) is 8.93. The fourth-order valence-corrected chi connectivity index (χ4v) is 3.89. The summed E-state index contributed by atoms with van der Waals surface area (Å²) in [4.78, 5) is 0. The average Bonchev–Trinajstić information content (AvgIpc) is 2.35. The Hall–Kier alpha value is -0.380. The second-order valence-electron chi connectivity index (χ2n) is 5.15. The van der Waals surface area contributed by atoms with Crippen LogP contribution in [0.4, 0.5) is 0 Å². The first-order chi connectivity index (χ1) is 9.97. The van der Waals surface area contributed by atoms with Crippen LogP contribution in [0.3, 0.4) is 0 Å². The summed E-state index contributed by atoms with van der Waals surface area (Å²) in [5.74, 6) is 0. The van der Waals surface area contributed by atoms with Crippen molar-refractivity contribution in [3.8, 4) is 0 Å². The third-order valence-corrected chi connectivity index (χ3v) is 4.95. The number of nitrogens with one attached hydrogen (secondary N) is 1. The Morgan fingerprint density at radius 2 is 2.00 bits per heavy atom. The van der Waals surface area contributed by atoms with Gasteiger partial charge in [0.1, 0.15) is 11.7 Å². The molecule has 5 atom stereocenters. The third kappa shape index (κ3) is 3.74. The van der Waals surface area contributed by atoms with Gasteiger partial charge in [-0.1, -0.05) is 0 Å². The molecule has 3 rings (SSSR count). The average molecular weight is 361 g/mol. The molecule has 22 heavy (non-hydrogen) atoms. The highest BCUT2D eigenvalue weighted by Crippen LogP contribution is 2.43. The summed E-state index contributed by atoms with van der Waals surface area (Å²) in [7, 11) is -8.50. The molecule has 130 valence electrons. The molecule has 1 aliphatic carbocycles. The maximum Gasteiger partial charge on any atom is 0.217 e. The van der Waals surface area contributed by atoms with Crippen molar-refractivity contribution < 1.29 is 44.7 Å². The molecule has 0 aromatic carbocycles. The summed E-state index contributed by atoms with van der Waals surface area (Å²) in [6, 6.07) is -0.939. The molecule has 5 unspecified atom stereocenters. The van der Waals surface area contributed by atoms with Crippen molar-refractivity contribution in [2.75, 3.05) is 13.7 Å². The molecule has 0 aromatic rings. The lowest BCUT2D eigenvalue weighted by Gasteiger charge is -2.56. The lowest BCUT2D eigenvalue weighted by Crippen LogP contribution is -2.72. The fourth-order valence-electron chi connectivity index (χ4n) is 3.00. The molecule has 0 aromatic heterocycles. The maximum absolute atomic E-state index is 10.8. The van der Waals surface area contributed by atoms with Crippen molar-refractivity contribution in [1.29, 1.82) is 0 Å². The van der Waals surface area contributed by atoms with E-state index >= 15 is 0 Å². The van der Waals surface area contributed by atoms with Gasteiger partial charge in [-0.3, -0.25) is 4.18 Å². The number of methoxy groups -OCH3 is 1. The molecule has 0 spiro atoms. The van der Waals surface area contributed by atoms with Gasteiger partial charge >= 0.3 is 0 Å². The molecular weight excluding hydrogens is 346 g/mol. The molecule has 0 amide bonds. The number of ether oxygens (including phenoxy) is 2. The minimum Gasteiger partial charge on any atom is -0.735 e. The van der Waals surface area contributed by atoms with Crippen molar-refractivity contribution in [3.63, 3.8) is 0 Å². The molecule has 3 fully saturated rings. The van der Waals surface area contributed by atoms with Gasteiger partial charge in [0.15, 0.2) is 10.3 Å². The van der Waals surface area contributed by atoms with Gasteiger partial charge in [0.25, 0.3) is 0 Å². The summed E-state index contributed by atoms with van der Waals surface area (Å²) in [5.41, 5.74) is -1.50. The molecule has 2 saturated heterocycles. The highest BCUT2D eigenvalue weighted by atomic mass is 32.3. The second kappa shape index (κ2) is 5.92. The van der Waals surface area contributed by atoms with E-state index in [4.69, 9.17) is 9.47 Å². The van der Waals surface area contributed by atoms with Crippen molar-refractivity contribution in [3.05, 3.63) is 0 Å². The Morgan fingerprint density at radius 1 is 1.36 bits per heavy atom. The van der Waals surface area contributed by atoms with Crippen LogP contribution in [0.15, 0.2) is 0 Å². The van der Waals surface area contributed by atoms with Crippen molar-refractivity contribution >= 4 is 20.7 Å². The van der Waals surface area contributed by atoms with E-state index in [0.29, 0.717) is 0 Å². The van der Waals surface area contributed by atoms with Crippen molar-refractivity contribution in [1.82, 2.24) is 4.72 Å². The Morgan fingerprint density at radius 3 is 2.50 bits per heavy atom. The van der Waals surface area contributed by atoms with Gasteiger partial charge in [-0.25, -0.2) is 21.6 Å². The monoisotopic (exact) mass is 361 g/mol. The third-order valence-electron chi connectivity index (χ3n) is 3.93. The Bertz CT molecular complexity index is 618. The van der Waals surface area contributed by atoms with Crippen LogP contribution >= 0.6 is 0 Å². The number of aliphatic hydroxyl groups excluding tert-OH is 1. The van der Waals surface area contributed by atoms with Crippen molar-refractivity contribution in [2.24, 2.45) is 0 Å². The number of aliphatic hydroxyl groups is 1. The van der Waals surface area contributed by atoms with Crippen molar-refractivity contribution in [2.45, 2.75) is 42.8 Å². The largest absolute Gasteiger partial charge is 0.735 e. The fraction of sp³-hybridized carbons (Fsp3) is 1.00. The Labute approximate surface area is 127 Å². The predicted octanol–water partition coefficient (Wildman–Crippen LogP) is -2.81. The van der Waals surface area contributed by atoms with E-state index in [0.717, 1.165) is 0 Å². The van der Waals surface area contributed by atoms with E-state index in [1.54, 1.807) is 0 Å². The standard InChI is InChI=1S/C9H17NO10S2/c1-18-9-3-5(10-21(12,13)14)6(2-7(9)11)20-8(9)4-19-22(15,16)17/h5-8,10-11H,2-4H2,1H3,(H,12,13,14)(H,15,16,17)/p-2. The van der Waals surface area contributed by atoms with Gasteiger partial charge in [-0.15, -0.1) is 0 Å². The SMILES string of the molecule is COC12CC(NS(=O)(=O)[O-])C(CC1O)OC2COS(=O)(=O)[O-]. The normalized spacial score (nSPS) is 39.1. The summed E-state index contributed by atoms with van der Waals surface area (Å²) >= 11 is 0. The zero-order chi connectivity index (χ0) is 16.8. The lowest BCUT2D eigenvalue weighted by molar-refractivity contribution is -0.284. The Kier molecular flexibility index (Phi) is 4.83. The zero-order valence-electron chi connectivity index (χ0n) is 11.4. The minimum absolute atomic E-state index is 0.0261. The van der Waals surface area contributed by atoms with Crippen LogP contribution < -0.4 is 4.72 Å². The van der Waals surface area contributed by atoms with Gasteiger partial charge in [-0.2, -0.15) is 0 Å². The van der Waals surface area contributed by atoms with Crippen LogP contribution in [0.5, 0.6) is 0 Å². The molecule has 11 nitrogen and oxygen atoms in total. The minimum atomic E-state index is -4.96. The maximum atomic E-state index is 10.8. The van der Waals surface area contributed by atoms with Crippen LogP contribution in [0.1, 0.15) is 12.8 Å². The summed E-state index contributed by atoms with van der Waals surface area (Å²) in [6.07, 6.45) is -3.25. The summed E-state index contributed by atoms with van der Waals surface area (Å²) < 4.78 is 80.7. The summed E-state index contributed by atoms with van der Waals surface area (Å²) in [5, 5.41) is 10.1. The van der Waals surface area contributed by atoms with Crippen LogP contribution in [0.2, 0.25) is 0 Å². The molecular formula is C9H15NO10S2-2. The highest BCUT2D eigenvalue weighted by molar-refractivity contribution is 7.83. The van der Waals surface area contributed by atoms with Gasteiger partial charge in [0, 0.05) is 26.0 Å². The molecule has 3 aliphatic rings. The van der Waals surface area contributed by atoms with E-state index in [-0.39, 0.29) is 12.8 Å². The van der Waals surface area contributed by atoms with E-state index in [1.807, 2.05) is 4.72 Å². The van der Waals surface area contributed by atoms with Crippen LogP contribution in [0.25, 0.3) is 0 Å². The Balaban J connectivity index is 2.20. The molecule has 13 heteroatoms. The summed E-state index contributed by atoms with van der Waals surface area (Å²) in [6.45, 7) is -0.690. The molecule has 1 saturated carbocycles. The number of hydrogen-bond acceptors (Lipinski definition) is 10.